The number of hydrogen-bond donors (Lipinski definition) is 0. The molecule has 2 heteroatoms. The van der Waals surface area contributed by atoms with Crippen LogP contribution < -0.4 is 4.74 Å². The highest BCUT2D eigenvalue weighted by Crippen LogP contribution is 2.22. The van der Waals surface area contributed by atoms with E-state index in [1.807, 2.05) is 43.3 Å². The van der Waals surface area contributed by atoms with Crippen LogP contribution in [-0.2, 0) is 0 Å². The van der Waals surface area contributed by atoms with Crippen LogP contribution in [0.25, 0.3) is 0 Å². The standard InChI is InChI=1S/C15H17NO/c1-11(2)15-8-7-14(10-16-15)17-13-6-4-5-12(3)9-13/h4-11H,1-3H3. The molecule has 1 heterocycles. The van der Waals surface area contributed by atoms with Crippen LogP contribution in [0.5, 0.6) is 11.5 Å². The molecule has 0 unspecified atom stereocenters. The van der Waals surface area contributed by atoms with E-state index in [1.54, 1.807) is 6.20 Å². The monoisotopic (exact) mass is 227 g/mol. The van der Waals surface area contributed by atoms with Crippen molar-refractivity contribution < 1.29 is 4.74 Å². The van der Waals surface area contributed by atoms with Gasteiger partial charge in [-0.05, 0) is 42.7 Å². The molecule has 0 fully saturated rings. The first-order valence-electron chi connectivity index (χ1n) is 5.85. The summed E-state index contributed by atoms with van der Waals surface area (Å²) in [6, 6.07) is 12.0. The van der Waals surface area contributed by atoms with Crippen molar-refractivity contribution in [3.8, 4) is 11.5 Å². The molecule has 0 N–H and O–H groups in total. The van der Waals surface area contributed by atoms with Crippen LogP contribution in [-0.4, -0.2) is 4.98 Å². The number of rotatable bonds is 3. The highest BCUT2D eigenvalue weighted by Gasteiger charge is 2.02. The molecule has 0 aliphatic heterocycles. The largest absolute Gasteiger partial charge is 0.456 e. The Morgan fingerprint density at radius 2 is 1.88 bits per heavy atom. The zero-order valence-electron chi connectivity index (χ0n) is 10.5. The molecule has 17 heavy (non-hydrogen) atoms. The van der Waals surface area contributed by atoms with Crippen LogP contribution in [0.2, 0.25) is 0 Å². The quantitative estimate of drug-likeness (QED) is 0.779. The molecule has 2 nitrogen and oxygen atoms in total. The zero-order valence-corrected chi connectivity index (χ0v) is 10.5. The minimum absolute atomic E-state index is 0.447. The molecule has 0 aliphatic rings. The second kappa shape index (κ2) is 5.00. The van der Waals surface area contributed by atoms with E-state index in [4.69, 9.17) is 4.74 Å². The van der Waals surface area contributed by atoms with Crippen molar-refractivity contribution in [2.24, 2.45) is 0 Å². The van der Waals surface area contributed by atoms with Crippen molar-refractivity contribution in [3.63, 3.8) is 0 Å². The van der Waals surface area contributed by atoms with E-state index < -0.39 is 0 Å². The van der Waals surface area contributed by atoms with E-state index >= 15 is 0 Å². The summed E-state index contributed by atoms with van der Waals surface area (Å²) in [7, 11) is 0. The van der Waals surface area contributed by atoms with Gasteiger partial charge >= 0.3 is 0 Å². The lowest BCUT2D eigenvalue weighted by Crippen LogP contribution is -1.92. The van der Waals surface area contributed by atoms with E-state index in [1.165, 1.54) is 5.56 Å². The second-order valence-corrected chi connectivity index (χ2v) is 4.49. The van der Waals surface area contributed by atoms with Gasteiger partial charge in [0, 0.05) is 5.69 Å². The predicted octanol–water partition coefficient (Wildman–Crippen LogP) is 4.31. The van der Waals surface area contributed by atoms with Gasteiger partial charge in [0.2, 0.25) is 0 Å². The van der Waals surface area contributed by atoms with Crippen LogP contribution in [0, 0.1) is 6.92 Å². The van der Waals surface area contributed by atoms with Crippen LogP contribution in [0.3, 0.4) is 0 Å². The molecule has 2 aromatic rings. The Kier molecular flexibility index (Phi) is 3.43. The summed E-state index contributed by atoms with van der Waals surface area (Å²) in [4.78, 5) is 4.37. The molecule has 0 bridgehead atoms. The van der Waals surface area contributed by atoms with Crippen LogP contribution in [0.4, 0.5) is 0 Å². The van der Waals surface area contributed by atoms with Crippen molar-refractivity contribution in [2.75, 3.05) is 0 Å². The third-order valence-electron chi connectivity index (χ3n) is 2.58. The van der Waals surface area contributed by atoms with Gasteiger partial charge < -0.3 is 4.74 Å². The van der Waals surface area contributed by atoms with Crippen LogP contribution in [0.15, 0.2) is 42.6 Å². The Labute approximate surface area is 102 Å². The first-order valence-corrected chi connectivity index (χ1v) is 5.85. The van der Waals surface area contributed by atoms with Crippen LogP contribution in [0.1, 0.15) is 31.0 Å². The molecule has 0 atom stereocenters. The fourth-order valence-electron chi connectivity index (χ4n) is 1.61. The van der Waals surface area contributed by atoms with Gasteiger partial charge in [0.05, 0.1) is 6.20 Å². The molecule has 1 aromatic heterocycles. The summed E-state index contributed by atoms with van der Waals surface area (Å²) in [5.41, 5.74) is 2.27. The van der Waals surface area contributed by atoms with Gasteiger partial charge in [0.15, 0.2) is 0 Å². The molecule has 2 rings (SSSR count). The molecular weight excluding hydrogens is 210 g/mol. The average Bonchev–Trinajstić information content (AvgIpc) is 2.29. The Hall–Kier alpha value is -1.83. The van der Waals surface area contributed by atoms with Crippen molar-refractivity contribution in [1.82, 2.24) is 4.98 Å². The van der Waals surface area contributed by atoms with E-state index in [-0.39, 0.29) is 0 Å². The molecule has 1 aromatic carbocycles. The van der Waals surface area contributed by atoms with Crippen molar-refractivity contribution in [1.29, 1.82) is 0 Å². The smallest absolute Gasteiger partial charge is 0.145 e. The summed E-state index contributed by atoms with van der Waals surface area (Å²) < 4.78 is 5.73. The lowest BCUT2D eigenvalue weighted by Gasteiger charge is -2.08. The van der Waals surface area contributed by atoms with Gasteiger partial charge in [-0.15, -0.1) is 0 Å². The maximum Gasteiger partial charge on any atom is 0.145 e. The predicted molar refractivity (Wildman–Crippen MR) is 69.6 cm³/mol. The third kappa shape index (κ3) is 3.06. The van der Waals surface area contributed by atoms with E-state index in [9.17, 15) is 0 Å². The third-order valence-corrected chi connectivity index (χ3v) is 2.58. The van der Waals surface area contributed by atoms with Gasteiger partial charge in [-0.1, -0.05) is 26.0 Å². The molecule has 0 aliphatic carbocycles. The summed E-state index contributed by atoms with van der Waals surface area (Å²) in [5.74, 6) is 2.08. The Balaban J connectivity index is 2.14. The number of hydrogen-bond acceptors (Lipinski definition) is 2. The summed E-state index contributed by atoms with van der Waals surface area (Å²) in [5, 5.41) is 0. The van der Waals surface area contributed by atoms with Crippen LogP contribution >= 0.6 is 0 Å². The summed E-state index contributed by atoms with van der Waals surface area (Å²) in [6.07, 6.45) is 1.78. The Morgan fingerprint density at radius 1 is 1.06 bits per heavy atom. The van der Waals surface area contributed by atoms with Crippen molar-refractivity contribution in [3.05, 3.63) is 53.9 Å². The van der Waals surface area contributed by atoms with Gasteiger partial charge in [0.1, 0.15) is 11.5 Å². The SMILES string of the molecule is Cc1cccc(Oc2ccc(C(C)C)nc2)c1. The summed E-state index contributed by atoms with van der Waals surface area (Å²) >= 11 is 0. The van der Waals surface area contributed by atoms with Gasteiger partial charge in [-0.2, -0.15) is 0 Å². The van der Waals surface area contributed by atoms with Crippen molar-refractivity contribution >= 4 is 0 Å². The first kappa shape index (κ1) is 11.6. The fraction of sp³-hybridized carbons (Fsp3) is 0.267. The van der Waals surface area contributed by atoms with Gasteiger partial charge in [-0.3, -0.25) is 4.98 Å². The molecule has 0 amide bonds. The number of ether oxygens (including phenoxy) is 1. The minimum atomic E-state index is 0.447. The molecule has 0 saturated heterocycles. The van der Waals surface area contributed by atoms with Gasteiger partial charge in [-0.25, -0.2) is 0 Å². The minimum Gasteiger partial charge on any atom is -0.456 e. The lowest BCUT2D eigenvalue weighted by molar-refractivity contribution is 0.479. The summed E-state index contributed by atoms with van der Waals surface area (Å²) in [6.45, 7) is 6.31. The Bertz CT molecular complexity index is 489. The Morgan fingerprint density at radius 3 is 2.47 bits per heavy atom. The molecular formula is C15H17NO. The van der Waals surface area contributed by atoms with Crippen molar-refractivity contribution in [2.45, 2.75) is 26.7 Å². The maximum atomic E-state index is 5.73. The number of aryl methyl sites for hydroxylation is 1. The number of pyridine rings is 1. The lowest BCUT2D eigenvalue weighted by atomic mass is 10.1. The molecule has 0 saturated carbocycles. The van der Waals surface area contributed by atoms with E-state index in [0.717, 1.165) is 17.2 Å². The zero-order chi connectivity index (χ0) is 12.3. The fourth-order valence-corrected chi connectivity index (χ4v) is 1.61. The number of benzene rings is 1. The second-order valence-electron chi connectivity index (χ2n) is 4.49. The maximum absolute atomic E-state index is 5.73. The highest BCUT2D eigenvalue weighted by molar-refractivity contribution is 5.32. The average molecular weight is 227 g/mol. The number of nitrogens with zero attached hydrogens (tertiary/aromatic N) is 1. The van der Waals surface area contributed by atoms with Gasteiger partial charge in [0.25, 0.3) is 0 Å². The first-order chi connectivity index (χ1) is 8.15. The molecule has 0 spiro atoms. The molecule has 0 radical (unpaired) electrons. The number of aromatic nitrogens is 1. The molecule has 88 valence electrons. The van der Waals surface area contributed by atoms with E-state index in [2.05, 4.69) is 18.8 Å². The normalized spacial score (nSPS) is 10.6. The highest BCUT2D eigenvalue weighted by atomic mass is 16.5. The topological polar surface area (TPSA) is 22.1 Å². The van der Waals surface area contributed by atoms with E-state index in [0.29, 0.717) is 5.92 Å².